The highest BCUT2D eigenvalue weighted by atomic mass is 19.1. The summed E-state index contributed by atoms with van der Waals surface area (Å²) < 4.78 is 24.4. The SMILES string of the molecule is Cc1ccc([C@H](C[NH+]2CCOCC2)NC(=O)c2ccc(-c3ccc(F)cc3)o2)cc1. The first-order valence-electron chi connectivity index (χ1n) is 10.2. The molecule has 2 N–H and O–H groups in total. The molecule has 6 heteroatoms. The maximum atomic E-state index is 13.2. The molecule has 1 aliphatic heterocycles. The van der Waals surface area contributed by atoms with Crippen LogP contribution in [0, 0.1) is 12.7 Å². The first kappa shape index (κ1) is 20.3. The predicted molar refractivity (Wildman–Crippen MR) is 112 cm³/mol. The van der Waals surface area contributed by atoms with E-state index in [0.717, 1.165) is 44.0 Å². The molecule has 1 aromatic heterocycles. The number of carbonyl (C=O) groups is 1. The zero-order valence-electron chi connectivity index (χ0n) is 17.0. The Labute approximate surface area is 175 Å². The summed E-state index contributed by atoms with van der Waals surface area (Å²) in [6, 6.07) is 17.5. The van der Waals surface area contributed by atoms with Crippen molar-refractivity contribution in [2.24, 2.45) is 0 Å². The van der Waals surface area contributed by atoms with E-state index in [-0.39, 0.29) is 23.5 Å². The van der Waals surface area contributed by atoms with Crippen molar-refractivity contribution in [3.63, 3.8) is 0 Å². The average molecular weight is 409 g/mol. The minimum atomic E-state index is -0.310. The summed E-state index contributed by atoms with van der Waals surface area (Å²) in [6.45, 7) is 6.15. The first-order chi connectivity index (χ1) is 14.6. The fourth-order valence-electron chi connectivity index (χ4n) is 3.66. The molecule has 0 bridgehead atoms. The van der Waals surface area contributed by atoms with E-state index in [1.807, 2.05) is 6.92 Å². The summed E-state index contributed by atoms with van der Waals surface area (Å²) in [5, 5.41) is 3.14. The van der Waals surface area contributed by atoms with E-state index in [1.165, 1.54) is 22.6 Å². The summed E-state index contributed by atoms with van der Waals surface area (Å²) in [5.41, 5.74) is 2.97. The van der Waals surface area contributed by atoms with Gasteiger partial charge in [-0.15, -0.1) is 0 Å². The standard InChI is InChI=1S/C24H25FN2O3/c1-17-2-4-18(5-3-17)21(16-27-12-14-29-15-13-27)26-24(28)23-11-10-22(30-23)19-6-8-20(25)9-7-19/h2-11,21H,12-16H2,1H3,(H,26,28)/p+1/t21-/m0/s1. The molecule has 1 amide bonds. The highest BCUT2D eigenvalue weighted by Gasteiger charge is 2.24. The molecule has 1 saturated heterocycles. The molecule has 30 heavy (non-hydrogen) atoms. The number of hydrogen-bond donors (Lipinski definition) is 2. The molecule has 2 aromatic carbocycles. The van der Waals surface area contributed by atoms with Crippen LogP contribution in [0.2, 0.25) is 0 Å². The number of furan rings is 1. The van der Waals surface area contributed by atoms with Gasteiger partial charge < -0.3 is 19.4 Å². The number of amides is 1. The van der Waals surface area contributed by atoms with E-state index in [2.05, 4.69) is 29.6 Å². The summed E-state index contributed by atoms with van der Waals surface area (Å²) in [6.07, 6.45) is 0. The second-order valence-corrected chi connectivity index (χ2v) is 7.67. The van der Waals surface area contributed by atoms with Crippen molar-refractivity contribution in [3.8, 4) is 11.3 Å². The fraction of sp³-hybridized carbons (Fsp3) is 0.292. The quantitative estimate of drug-likeness (QED) is 0.658. The molecule has 4 rings (SSSR count). The molecule has 0 spiro atoms. The molecule has 5 nitrogen and oxygen atoms in total. The topological polar surface area (TPSA) is 55.9 Å². The number of ether oxygens (including phenoxy) is 1. The van der Waals surface area contributed by atoms with E-state index in [9.17, 15) is 9.18 Å². The average Bonchev–Trinajstić information content (AvgIpc) is 3.25. The summed E-state index contributed by atoms with van der Waals surface area (Å²) in [7, 11) is 0. The Morgan fingerprint density at radius 2 is 1.73 bits per heavy atom. The molecule has 0 aliphatic carbocycles. The smallest absolute Gasteiger partial charge is 0.287 e. The molecular weight excluding hydrogens is 383 g/mol. The zero-order valence-corrected chi connectivity index (χ0v) is 17.0. The third kappa shape index (κ3) is 4.96. The van der Waals surface area contributed by atoms with E-state index < -0.39 is 0 Å². The van der Waals surface area contributed by atoms with Gasteiger partial charge in [0.05, 0.1) is 13.2 Å². The van der Waals surface area contributed by atoms with Gasteiger partial charge in [-0.25, -0.2) is 4.39 Å². The largest absolute Gasteiger partial charge is 0.451 e. The maximum Gasteiger partial charge on any atom is 0.287 e. The number of carbonyl (C=O) groups excluding carboxylic acids is 1. The number of halogens is 1. The lowest BCUT2D eigenvalue weighted by Gasteiger charge is -2.28. The van der Waals surface area contributed by atoms with Crippen LogP contribution < -0.4 is 10.2 Å². The van der Waals surface area contributed by atoms with Gasteiger partial charge in [0.15, 0.2) is 5.76 Å². The number of benzene rings is 2. The number of quaternary nitrogens is 1. The van der Waals surface area contributed by atoms with E-state index in [4.69, 9.17) is 9.15 Å². The van der Waals surface area contributed by atoms with Gasteiger partial charge in [0, 0.05) is 5.56 Å². The number of nitrogens with one attached hydrogen (secondary N) is 2. The van der Waals surface area contributed by atoms with Crippen LogP contribution in [-0.2, 0) is 4.74 Å². The third-order valence-corrected chi connectivity index (χ3v) is 5.44. The number of morpholine rings is 1. The van der Waals surface area contributed by atoms with Gasteiger partial charge in [0.2, 0.25) is 0 Å². The maximum absolute atomic E-state index is 13.2. The van der Waals surface area contributed by atoms with Gasteiger partial charge in [-0.2, -0.15) is 0 Å². The molecule has 0 unspecified atom stereocenters. The van der Waals surface area contributed by atoms with Crippen LogP contribution in [0.15, 0.2) is 65.1 Å². The number of aryl methyl sites for hydroxylation is 1. The van der Waals surface area contributed by atoms with Crippen LogP contribution in [0.25, 0.3) is 11.3 Å². The Kier molecular flexibility index (Phi) is 6.26. The number of rotatable bonds is 6. The summed E-state index contributed by atoms with van der Waals surface area (Å²) in [4.78, 5) is 14.3. The van der Waals surface area contributed by atoms with Gasteiger partial charge >= 0.3 is 0 Å². The Hall–Kier alpha value is -2.96. The summed E-state index contributed by atoms with van der Waals surface area (Å²) >= 11 is 0. The van der Waals surface area contributed by atoms with Crippen molar-refractivity contribution in [3.05, 3.63) is 83.4 Å². The lowest BCUT2D eigenvalue weighted by atomic mass is 10.0. The van der Waals surface area contributed by atoms with Crippen molar-refractivity contribution in [1.29, 1.82) is 0 Å². The van der Waals surface area contributed by atoms with Crippen molar-refractivity contribution in [2.45, 2.75) is 13.0 Å². The first-order valence-corrected chi connectivity index (χ1v) is 10.2. The minimum Gasteiger partial charge on any atom is -0.451 e. The van der Waals surface area contributed by atoms with E-state index in [1.54, 1.807) is 24.3 Å². The number of hydrogen-bond acceptors (Lipinski definition) is 3. The minimum absolute atomic E-state index is 0.134. The Bertz CT molecular complexity index is 976. The molecule has 0 radical (unpaired) electrons. The fourth-order valence-corrected chi connectivity index (χ4v) is 3.66. The van der Waals surface area contributed by atoms with Gasteiger partial charge in [0.25, 0.3) is 5.91 Å². The second kappa shape index (κ2) is 9.24. The normalized spacial score (nSPS) is 15.7. The van der Waals surface area contributed by atoms with Crippen molar-refractivity contribution in [2.75, 3.05) is 32.8 Å². The molecule has 1 aliphatic rings. The van der Waals surface area contributed by atoms with E-state index >= 15 is 0 Å². The highest BCUT2D eigenvalue weighted by molar-refractivity contribution is 5.92. The van der Waals surface area contributed by atoms with Crippen LogP contribution in [0.1, 0.15) is 27.7 Å². The van der Waals surface area contributed by atoms with Crippen molar-refractivity contribution in [1.82, 2.24) is 5.32 Å². The molecule has 0 saturated carbocycles. The van der Waals surface area contributed by atoms with Gasteiger partial charge in [0.1, 0.15) is 37.3 Å². The van der Waals surface area contributed by atoms with Crippen LogP contribution in [0.5, 0.6) is 0 Å². The van der Waals surface area contributed by atoms with Crippen molar-refractivity contribution >= 4 is 5.91 Å². The molecule has 156 valence electrons. The molecule has 3 aromatic rings. The van der Waals surface area contributed by atoms with Crippen LogP contribution in [0.4, 0.5) is 4.39 Å². The predicted octanol–water partition coefficient (Wildman–Crippen LogP) is 2.78. The molecular formula is C24H26FN2O3+. The Morgan fingerprint density at radius 1 is 1.03 bits per heavy atom. The van der Waals surface area contributed by atoms with Crippen LogP contribution in [0.3, 0.4) is 0 Å². The molecule has 1 fully saturated rings. The third-order valence-electron chi connectivity index (χ3n) is 5.44. The molecule has 2 heterocycles. The van der Waals surface area contributed by atoms with Crippen LogP contribution >= 0.6 is 0 Å². The van der Waals surface area contributed by atoms with Gasteiger partial charge in [-0.3, -0.25) is 4.79 Å². The monoisotopic (exact) mass is 409 g/mol. The van der Waals surface area contributed by atoms with Gasteiger partial charge in [-0.05, 0) is 48.9 Å². The van der Waals surface area contributed by atoms with E-state index in [0.29, 0.717) is 5.76 Å². The molecule has 1 atom stereocenters. The Morgan fingerprint density at radius 3 is 2.43 bits per heavy atom. The second-order valence-electron chi connectivity index (χ2n) is 7.67. The summed E-state index contributed by atoms with van der Waals surface area (Å²) in [5.74, 6) is 0.200. The lowest BCUT2D eigenvalue weighted by Crippen LogP contribution is -3.14. The Balaban J connectivity index is 1.50. The highest BCUT2D eigenvalue weighted by Crippen LogP contribution is 2.23. The van der Waals surface area contributed by atoms with Crippen molar-refractivity contribution < 1.29 is 23.2 Å². The van der Waals surface area contributed by atoms with Crippen LogP contribution in [-0.4, -0.2) is 38.8 Å². The lowest BCUT2D eigenvalue weighted by molar-refractivity contribution is -0.909. The van der Waals surface area contributed by atoms with Gasteiger partial charge in [-0.1, -0.05) is 29.8 Å². The zero-order chi connectivity index (χ0) is 20.9.